The van der Waals surface area contributed by atoms with E-state index in [4.69, 9.17) is 12.2 Å². The van der Waals surface area contributed by atoms with Crippen molar-refractivity contribution in [2.45, 2.75) is 20.4 Å². The molecule has 0 unspecified atom stereocenters. The summed E-state index contributed by atoms with van der Waals surface area (Å²) in [6.07, 6.45) is 0. The third kappa shape index (κ3) is 3.27. The summed E-state index contributed by atoms with van der Waals surface area (Å²) in [5, 5.41) is 2.83. The largest absolute Gasteiger partial charge is 0.354 e. The Balaban J connectivity index is 2.30. The van der Waals surface area contributed by atoms with Crippen molar-refractivity contribution in [2.24, 2.45) is 5.92 Å². The molecule has 1 heterocycles. The summed E-state index contributed by atoms with van der Waals surface area (Å²) < 4.78 is 15.9. The molecule has 1 amide bonds. The molecule has 0 spiro atoms. The van der Waals surface area contributed by atoms with Crippen LogP contribution in [0, 0.1) is 16.5 Å². The van der Waals surface area contributed by atoms with Crippen LogP contribution in [0.5, 0.6) is 0 Å². The molecule has 4 nitrogen and oxygen atoms in total. The number of imidazole rings is 1. The van der Waals surface area contributed by atoms with E-state index < -0.39 is 0 Å². The average Bonchev–Trinajstić information content (AvgIpc) is 2.64. The van der Waals surface area contributed by atoms with Crippen molar-refractivity contribution in [1.82, 2.24) is 14.9 Å². The Morgan fingerprint density at radius 3 is 2.90 bits per heavy atom. The van der Waals surface area contributed by atoms with Gasteiger partial charge in [-0.3, -0.25) is 4.79 Å². The standard InChI is InChI=1S/C13H15BrFN3OS/c1-7(2)5-16-12(19)6-18-11-3-8(14)9(15)4-10(11)17-13(18)20/h3-4,7H,5-6H2,1-2H3,(H,16,19)(H,17,20). The Labute approximate surface area is 129 Å². The molecular formula is C13H15BrFN3OS. The Hall–Kier alpha value is -1.21. The summed E-state index contributed by atoms with van der Waals surface area (Å²) in [5.41, 5.74) is 1.27. The number of nitrogens with one attached hydrogen (secondary N) is 2. The molecule has 7 heteroatoms. The second-order valence-corrected chi connectivity index (χ2v) is 6.24. The molecule has 0 atom stereocenters. The van der Waals surface area contributed by atoms with Crippen LogP contribution in [-0.4, -0.2) is 22.0 Å². The van der Waals surface area contributed by atoms with Crippen LogP contribution in [0.3, 0.4) is 0 Å². The highest BCUT2D eigenvalue weighted by molar-refractivity contribution is 9.10. The van der Waals surface area contributed by atoms with Gasteiger partial charge in [-0.15, -0.1) is 0 Å². The van der Waals surface area contributed by atoms with Crippen molar-refractivity contribution in [3.63, 3.8) is 0 Å². The van der Waals surface area contributed by atoms with Crippen molar-refractivity contribution < 1.29 is 9.18 Å². The fourth-order valence-electron chi connectivity index (χ4n) is 1.83. The predicted molar refractivity (Wildman–Crippen MR) is 82.6 cm³/mol. The fraction of sp³-hybridized carbons (Fsp3) is 0.385. The van der Waals surface area contributed by atoms with Gasteiger partial charge < -0.3 is 14.9 Å². The lowest BCUT2D eigenvalue weighted by molar-refractivity contribution is -0.121. The lowest BCUT2D eigenvalue weighted by atomic mass is 10.2. The summed E-state index contributed by atoms with van der Waals surface area (Å²) in [4.78, 5) is 14.8. The minimum atomic E-state index is -0.370. The van der Waals surface area contributed by atoms with Gasteiger partial charge >= 0.3 is 0 Å². The van der Waals surface area contributed by atoms with Crippen molar-refractivity contribution in [1.29, 1.82) is 0 Å². The molecule has 0 aliphatic heterocycles. The maximum Gasteiger partial charge on any atom is 0.240 e. The first-order valence-electron chi connectivity index (χ1n) is 6.22. The van der Waals surface area contributed by atoms with Gasteiger partial charge in [-0.1, -0.05) is 13.8 Å². The van der Waals surface area contributed by atoms with Gasteiger partial charge in [0.1, 0.15) is 12.4 Å². The molecule has 2 aromatic rings. The van der Waals surface area contributed by atoms with E-state index in [1.165, 1.54) is 6.07 Å². The number of halogens is 2. The van der Waals surface area contributed by atoms with Crippen LogP contribution in [0.2, 0.25) is 0 Å². The Kier molecular flexibility index (Phi) is 4.59. The zero-order chi connectivity index (χ0) is 14.9. The first-order chi connectivity index (χ1) is 9.38. The molecule has 0 aliphatic rings. The van der Waals surface area contributed by atoms with E-state index in [2.05, 4.69) is 26.2 Å². The first-order valence-corrected chi connectivity index (χ1v) is 7.43. The molecule has 0 fully saturated rings. The van der Waals surface area contributed by atoms with Gasteiger partial charge in [-0.2, -0.15) is 0 Å². The molecule has 108 valence electrons. The highest BCUT2D eigenvalue weighted by atomic mass is 79.9. The predicted octanol–water partition coefficient (Wildman–Crippen LogP) is 3.37. The quantitative estimate of drug-likeness (QED) is 0.822. The minimum Gasteiger partial charge on any atom is -0.354 e. The topological polar surface area (TPSA) is 49.8 Å². The Morgan fingerprint density at radius 1 is 1.55 bits per heavy atom. The monoisotopic (exact) mass is 359 g/mol. The number of rotatable bonds is 4. The normalized spacial score (nSPS) is 11.2. The van der Waals surface area contributed by atoms with Gasteiger partial charge in [0.25, 0.3) is 0 Å². The number of fused-ring (bicyclic) bond motifs is 1. The smallest absolute Gasteiger partial charge is 0.240 e. The number of nitrogens with zero attached hydrogens (tertiary/aromatic N) is 1. The third-order valence-electron chi connectivity index (χ3n) is 2.83. The molecule has 1 aromatic heterocycles. The fourth-order valence-corrected chi connectivity index (χ4v) is 2.43. The average molecular weight is 360 g/mol. The molecule has 2 rings (SSSR count). The van der Waals surface area contributed by atoms with E-state index in [1.54, 1.807) is 10.6 Å². The maximum atomic E-state index is 13.5. The van der Waals surface area contributed by atoms with Gasteiger partial charge in [0.15, 0.2) is 4.77 Å². The van der Waals surface area contributed by atoms with E-state index in [0.717, 1.165) is 0 Å². The summed E-state index contributed by atoms with van der Waals surface area (Å²) in [6, 6.07) is 2.98. The Morgan fingerprint density at radius 2 is 2.25 bits per heavy atom. The Bertz CT molecular complexity index is 707. The molecular weight excluding hydrogens is 345 g/mol. The van der Waals surface area contributed by atoms with Gasteiger partial charge in [-0.05, 0) is 40.1 Å². The number of carbonyl (C=O) groups excluding carboxylic acids is 1. The molecule has 0 bridgehead atoms. The number of aromatic nitrogens is 2. The number of aromatic amines is 1. The highest BCUT2D eigenvalue weighted by Gasteiger charge is 2.11. The second kappa shape index (κ2) is 6.05. The molecule has 1 aromatic carbocycles. The molecule has 0 saturated heterocycles. The number of carbonyl (C=O) groups is 1. The molecule has 0 aliphatic carbocycles. The van der Waals surface area contributed by atoms with Gasteiger partial charge in [0.2, 0.25) is 5.91 Å². The molecule has 20 heavy (non-hydrogen) atoms. The van der Waals surface area contributed by atoms with Crippen LogP contribution in [-0.2, 0) is 11.3 Å². The number of H-pyrrole nitrogens is 1. The SMILES string of the molecule is CC(C)CNC(=O)Cn1c(=S)[nH]c2cc(F)c(Br)cc21. The molecule has 2 N–H and O–H groups in total. The van der Waals surface area contributed by atoms with Crippen molar-refractivity contribution >= 4 is 45.1 Å². The van der Waals surface area contributed by atoms with Crippen molar-refractivity contribution in [3.05, 3.63) is 27.2 Å². The van der Waals surface area contributed by atoms with Crippen molar-refractivity contribution in [2.75, 3.05) is 6.54 Å². The van der Waals surface area contributed by atoms with Crippen LogP contribution in [0.15, 0.2) is 16.6 Å². The first kappa shape index (κ1) is 15.2. The maximum absolute atomic E-state index is 13.5. The number of hydrogen-bond donors (Lipinski definition) is 2. The van der Waals surface area contributed by atoms with Crippen LogP contribution >= 0.6 is 28.1 Å². The van der Waals surface area contributed by atoms with Gasteiger partial charge in [0.05, 0.1) is 15.5 Å². The number of hydrogen-bond acceptors (Lipinski definition) is 2. The summed E-state index contributed by atoms with van der Waals surface area (Å²) in [7, 11) is 0. The summed E-state index contributed by atoms with van der Waals surface area (Å²) >= 11 is 8.32. The number of amides is 1. The van der Waals surface area contributed by atoms with Crippen LogP contribution < -0.4 is 5.32 Å². The summed E-state index contributed by atoms with van der Waals surface area (Å²) in [6.45, 7) is 4.78. The molecule has 0 radical (unpaired) electrons. The minimum absolute atomic E-state index is 0.115. The van der Waals surface area contributed by atoms with E-state index in [0.29, 0.717) is 32.7 Å². The summed E-state index contributed by atoms with van der Waals surface area (Å²) in [5.74, 6) is -0.0977. The molecule has 0 saturated carbocycles. The zero-order valence-electron chi connectivity index (χ0n) is 11.2. The van der Waals surface area contributed by atoms with Crippen molar-refractivity contribution in [3.8, 4) is 0 Å². The van der Waals surface area contributed by atoms with Crippen LogP contribution in [0.25, 0.3) is 11.0 Å². The van der Waals surface area contributed by atoms with Crippen LogP contribution in [0.4, 0.5) is 4.39 Å². The van der Waals surface area contributed by atoms with E-state index in [9.17, 15) is 9.18 Å². The van der Waals surface area contributed by atoms with E-state index >= 15 is 0 Å². The van der Waals surface area contributed by atoms with Crippen LogP contribution in [0.1, 0.15) is 13.8 Å². The van der Waals surface area contributed by atoms with Gasteiger partial charge in [-0.25, -0.2) is 4.39 Å². The lowest BCUT2D eigenvalue weighted by Gasteiger charge is -2.09. The second-order valence-electron chi connectivity index (χ2n) is 5.00. The van der Waals surface area contributed by atoms with E-state index in [-0.39, 0.29) is 18.3 Å². The third-order valence-corrected chi connectivity index (χ3v) is 3.76. The van der Waals surface area contributed by atoms with Gasteiger partial charge in [0, 0.05) is 12.6 Å². The lowest BCUT2D eigenvalue weighted by Crippen LogP contribution is -2.30. The number of benzene rings is 1. The zero-order valence-corrected chi connectivity index (χ0v) is 13.6. The van der Waals surface area contributed by atoms with E-state index in [1.807, 2.05) is 13.8 Å². The highest BCUT2D eigenvalue weighted by Crippen LogP contribution is 2.23.